The Bertz CT molecular complexity index is 944. The van der Waals surface area contributed by atoms with Gasteiger partial charge in [-0.05, 0) is 43.3 Å². The van der Waals surface area contributed by atoms with Gasteiger partial charge in [0.2, 0.25) is 0 Å². The standard InChI is InChI=1S/C18H15F2N3OS2/c1-10-5-6-12(11(2)8-10)14-9-25-18(22-14)23-15(24)13-4-3-7-21-16(13)26-17(19)20/h3-9,17H,1-2H3,(H,22,23,24). The van der Waals surface area contributed by atoms with E-state index in [-0.39, 0.29) is 22.4 Å². The molecule has 0 bridgehead atoms. The van der Waals surface area contributed by atoms with Crippen LogP contribution in [0.15, 0.2) is 46.9 Å². The second-order valence-electron chi connectivity index (χ2n) is 5.55. The summed E-state index contributed by atoms with van der Waals surface area (Å²) in [4.78, 5) is 20.7. The molecule has 3 rings (SSSR count). The number of nitrogens with one attached hydrogen (secondary N) is 1. The van der Waals surface area contributed by atoms with E-state index >= 15 is 0 Å². The number of thioether (sulfide) groups is 1. The number of anilines is 1. The lowest BCUT2D eigenvalue weighted by Gasteiger charge is -2.07. The SMILES string of the molecule is Cc1ccc(-c2csc(NC(=O)c3cccnc3SC(F)F)n2)c(C)c1. The van der Waals surface area contributed by atoms with Gasteiger partial charge in [-0.1, -0.05) is 23.8 Å². The summed E-state index contributed by atoms with van der Waals surface area (Å²) in [5, 5.41) is 4.91. The first-order chi connectivity index (χ1) is 12.4. The van der Waals surface area contributed by atoms with E-state index in [2.05, 4.69) is 21.4 Å². The van der Waals surface area contributed by atoms with Gasteiger partial charge in [0.05, 0.1) is 11.3 Å². The predicted molar refractivity (Wildman–Crippen MR) is 101 cm³/mol. The van der Waals surface area contributed by atoms with Gasteiger partial charge in [-0.15, -0.1) is 11.3 Å². The summed E-state index contributed by atoms with van der Waals surface area (Å²) in [5.74, 6) is -3.16. The van der Waals surface area contributed by atoms with E-state index in [4.69, 9.17) is 0 Å². The van der Waals surface area contributed by atoms with Crippen LogP contribution in [-0.4, -0.2) is 21.6 Å². The van der Waals surface area contributed by atoms with Crippen molar-refractivity contribution in [2.24, 2.45) is 0 Å². The fourth-order valence-corrected chi connectivity index (χ4v) is 3.75. The summed E-state index contributed by atoms with van der Waals surface area (Å²) >= 11 is 1.53. The monoisotopic (exact) mass is 391 g/mol. The number of rotatable bonds is 5. The van der Waals surface area contributed by atoms with E-state index < -0.39 is 11.7 Å². The van der Waals surface area contributed by atoms with Gasteiger partial charge in [0, 0.05) is 17.1 Å². The number of halogens is 2. The van der Waals surface area contributed by atoms with Crippen LogP contribution in [0.3, 0.4) is 0 Å². The fraction of sp³-hybridized carbons (Fsp3) is 0.167. The molecule has 3 aromatic rings. The Morgan fingerprint density at radius 3 is 2.81 bits per heavy atom. The van der Waals surface area contributed by atoms with Crippen LogP contribution in [0, 0.1) is 13.8 Å². The molecule has 134 valence electrons. The highest BCUT2D eigenvalue weighted by molar-refractivity contribution is 7.99. The van der Waals surface area contributed by atoms with Crippen molar-refractivity contribution in [3.8, 4) is 11.3 Å². The first kappa shape index (κ1) is 18.5. The van der Waals surface area contributed by atoms with E-state index in [0.717, 1.165) is 22.4 Å². The Hall–Kier alpha value is -2.32. The zero-order chi connectivity index (χ0) is 18.7. The summed E-state index contributed by atoms with van der Waals surface area (Å²) < 4.78 is 25.3. The molecule has 0 saturated carbocycles. The van der Waals surface area contributed by atoms with Crippen LogP contribution in [0.4, 0.5) is 13.9 Å². The molecule has 1 aromatic carbocycles. The number of aromatic nitrogens is 2. The topological polar surface area (TPSA) is 54.9 Å². The second-order valence-corrected chi connectivity index (χ2v) is 7.38. The van der Waals surface area contributed by atoms with Crippen LogP contribution >= 0.6 is 23.1 Å². The normalized spacial score (nSPS) is 11.0. The molecule has 26 heavy (non-hydrogen) atoms. The van der Waals surface area contributed by atoms with Crippen LogP contribution in [-0.2, 0) is 0 Å². The molecule has 0 saturated heterocycles. The maximum absolute atomic E-state index is 12.6. The highest BCUT2D eigenvalue weighted by Gasteiger charge is 2.18. The van der Waals surface area contributed by atoms with Crippen molar-refractivity contribution in [2.45, 2.75) is 24.6 Å². The molecule has 1 N–H and O–H groups in total. The van der Waals surface area contributed by atoms with Crippen molar-refractivity contribution in [3.05, 3.63) is 58.6 Å². The summed E-state index contributed by atoms with van der Waals surface area (Å²) in [6.45, 7) is 4.02. The fourth-order valence-electron chi connectivity index (χ4n) is 2.46. The first-order valence-electron chi connectivity index (χ1n) is 7.68. The molecule has 2 aromatic heterocycles. The van der Waals surface area contributed by atoms with Crippen molar-refractivity contribution in [1.29, 1.82) is 0 Å². The third kappa shape index (κ3) is 4.25. The van der Waals surface area contributed by atoms with Gasteiger partial charge in [-0.25, -0.2) is 9.97 Å². The summed E-state index contributed by atoms with van der Waals surface area (Å²) in [7, 11) is 0. The Morgan fingerprint density at radius 1 is 1.27 bits per heavy atom. The predicted octanol–water partition coefficient (Wildman–Crippen LogP) is 5.39. The molecule has 0 unspecified atom stereocenters. The Labute approximate surface area is 157 Å². The summed E-state index contributed by atoms with van der Waals surface area (Å²) in [6, 6.07) is 9.06. The van der Waals surface area contributed by atoms with Gasteiger partial charge in [0.25, 0.3) is 11.7 Å². The average Bonchev–Trinajstić information content (AvgIpc) is 3.02. The number of aryl methyl sites for hydroxylation is 2. The largest absolute Gasteiger partial charge is 0.298 e. The minimum Gasteiger partial charge on any atom is -0.298 e. The first-order valence-corrected chi connectivity index (χ1v) is 9.44. The number of alkyl halides is 2. The lowest BCUT2D eigenvalue weighted by Crippen LogP contribution is -2.13. The maximum Gasteiger partial charge on any atom is 0.290 e. The van der Waals surface area contributed by atoms with E-state index in [1.54, 1.807) is 0 Å². The maximum atomic E-state index is 12.6. The molecule has 0 aliphatic carbocycles. The van der Waals surface area contributed by atoms with Gasteiger partial charge >= 0.3 is 0 Å². The second kappa shape index (κ2) is 7.92. The average molecular weight is 391 g/mol. The molecule has 0 fully saturated rings. The molecule has 4 nitrogen and oxygen atoms in total. The van der Waals surface area contributed by atoms with E-state index in [0.29, 0.717) is 5.13 Å². The smallest absolute Gasteiger partial charge is 0.290 e. The minimum atomic E-state index is -2.65. The number of pyridine rings is 1. The zero-order valence-corrected chi connectivity index (χ0v) is 15.6. The third-order valence-corrected chi connectivity index (χ3v) is 5.08. The van der Waals surface area contributed by atoms with Crippen LogP contribution in [0.5, 0.6) is 0 Å². The van der Waals surface area contributed by atoms with Gasteiger partial charge < -0.3 is 0 Å². The van der Waals surface area contributed by atoms with Gasteiger partial charge in [0.1, 0.15) is 5.03 Å². The number of benzene rings is 1. The lowest BCUT2D eigenvalue weighted by molar-refractivity contribution is 0.102. The molecule has 0 aliphatic heterocycles. The number of thiazole rings is 1. The Balaban J connectivity index is 1.80. The molecule has 0 radical (unpaired) electrons. The van der Waals surface area contributed by atoms with Crippen molar-refractivity contribution < 1.29 is 13.6 Å². The lowest BCUT2D eigenvalue weighted by atomic mass is 10.0. The molecule has 8 heteroatoms. The van der Waals surface area contributed by atoms with Gasteiger partial charge in [-0.2, -0.15) is 8.78 Å². The number of carbonyl (C=O) groups excluding carboxylic acids is 1. The Kier molecular flexibility index (Phi) is 5.63. The van der Waals surface area contributed by atoms with E-state index in [9.17, 15) is 13.6 Å². The molecular weight excluding hydrogens is 376 g/mol. The Morgan fingerprint density at radius 2 is 2.08 bits per heavy atom. The summed E-state index contributed by atoms with van der Waals surface area (Å²) in [6.07, 6.45) is 1.38. The van der Waals surface area contributed by atoms with Crippen molar-refractivity contribution in [1.82, 2.24) is 9.97 Å². The van der Waals surface area contributed by atoms with Gasteiger partial charge in [0.15, 0.2) is 5.13 Å². The number of carbonyl (C=O) groups is 1. The highest BCUT2D eigenvalue weighted by atomic mass is 32.2. The number of nitrogens with zero attached hydrogens (tertiary/aromatic N) is 2. The number of hydrogen-bond acceptors (Lipinski definition) is 5. The molecular formula is C18H15F2N3OS2. The molecule has 0 atom stereocenters. The third-order valence-electron chi connectivity index (χ3n) is 3.60. The number of hydrogen-bond donors (Lipinski definition) is 1. The van der Waals surface area contributed by atoms with Crippen LogP contribution < -0.4 is 5.32 Å². The highest BCUT2D eigenvalue weighted by Crippen LogP contribution is 2.30. The molecule has 0 aliphatic rings. The molecule has 0 spiro atoms. The molecule has 1 amide bonds. The van der Waals surface area contributed by atoms with Gasteiger partial charge in [-0.3, -0.25) is 10.1 Å². The van der Waals surface area contributed by atoms with Crippen molar-refractivity contribution in [3.63, 3.8) is 0 Å². The molecule has 2 heterocycles. The van der Waals surface area contributed by atoms with Crippen LogP contribution in [0.1, 0.15) is 21.5 Å². The van der Waals surface area contributed by atoms with Crippen molar-refractivity contribution in [2.75, 3.05) is 5.32 Å². The van der Waals surface area contributed by atoms with Crippen molar-refractivity contribution >= 4 is 34.1 Å². The quantitative estimate of drug-likeness (QED) is 0.593. The zero-order valence-electron chi connectivity index (χ0n) is 14.0. The minimum absolute atomic E-state index is 0.00819. The van der Waals surface area contributed by atoms with Crippen LogP contribution in [0.2, 0.25) is 0 Å². The van der Waals surface area contributed by atoms with E-state index in [1.165, 1.54) is 29.7 Å². The van der Waals surface area contributed by atoms with Crippen LogP contribution in [0.25, 0.3) is 11.3 Å². The number of amides is 1. The summed E-state index contributed by atoms with van der Waals surface area (Å²) in [5.41, 5.74) is 4.10. The van der Waals surface area contributed by atoms with E-state index in [1.807, 2.05) is 31.4 Å².